The predicted octanol–water partition coefficient (Wildman–Crippen LogP) is 3.37. The molecule has 134 valence electrons. The third kappa shape index (κ3) is 3.49. The van der Waals surface area contributed by atoms with Crippen LogP contribution < -0.4 is 9.80 Å². The highest BCUT2D eigenvalue weighted by Crippen LogP contribution is 2.38. The van der Waals surface area contributed by atoms with Crippen LogP contribution in [-0.2, 0) is 17.9 Å². The van der Waals surface area contributed by atoms with Gasteiger partial charge in [-0.05, 0) is 45.2 Å². The van der Waals surface area contributed by atoms with Gasteiger partial charge in [0.15, 0.2) is 5.82 Å². The first-order valence-corrected chi connectivity index (χ1v) is 9.24. The second-order valence-electron chi connectivity index (χ2n) is 7.18. The summed E-state index contributed by atoms with van der Waals surface area (Å²) >= 11 is 0. The van der Waals surface area contributed by atoms with Crippen LogP contribution in [0.2, 0.25) is 0 Å². The van der Waals surface area contributed by atoms with Crippen molar-refractivity contribution in [1.29, 1.82) is 0 Å². The molecule has 1 aromatic carbocycles. The highest BCUT2D eigenvalue weighted by atomic mass is 16.5. The molecule has 1 atom stereocenters. The van der Waals surface area contributed by atoms with Crippen molar-refractivity contribution in [3.05, 3.63) is 36.0 Å². The summed E-state index contributed by atoms with van der Waals surface area (Å²) in [6, 6.07) is 9.23. The largest absolute Gasteiger partial charge is 0.371 e. The molecule has 6 nitrogen and oxygen atoms in total. The fourth-order valence-corrected chi connectivity index (χ4v) is 3.80. The van der Waals surface area contributed by atoms with E-state index in [1.54, 1.807) is 0 Å². The third-order valence-electron chi connectivity index (χ3n) is 4.97. The van der Waals surface area contributed by atoms with Crippen LogP contribution in [0.3, 0.4) is 0 Å². The number of ether oxygens (including phenoxy) is 1. The van der Waals surface area contributed by atoms with Crippen molar-refractivity contribution >= 4 is 11.4 Å². The molecule has 6 heteroatoms. The van der Waals surface area contributed by atoms with Gasteiger partial charge >= 0.3 is 0 Å². The summed E-state index contributed by atoms with van der Waals surface area (Å²) in [5.41, 5.74) is 2.60. The number of nitrogens with zero attached hydrogens (tertiary/aromatic N) is 4. The second kappa shape index (κ2) is 7.04. The first-order valence-electron chi connectivity index (χ1n) is 9.24. The summed E-state index contributed by atoms with van der Waals surface area (Å²) in [4.78, 5) is 9.45. The number of anilines is 2. The maximum atomic E-state index is 5.55. The smallest absolute Gasteiger partial charge is 0.246 e. The van der Waals surface area contributed by atoms with E-state index >= 15 is 0 Å². The molecule has 1 aromatic heterocycles. The van der Waals surface area contributed by atoms with Crippen LogP contribution in [0.1, 0.15) is 44.8 Å². The van der Waals surface area contributed by atoms with Crippen molar-refractivity contribution in [1.82, 2.24) is 10.1 Å². The molecule has 0 aliphatic carbocycles. The van der Waals surface area contributed by atoms with Crippen molar-refractivity contribution < 1.29 is 9.26 Å². The quantitative estimate of drug-likeness (QED) is 0.830. The Balaban J connectivity index is 1.52. The van der Waals surface area contributed by atoms with Crippen LogP contribution >= 0.6 is 0 Å². The number of hydrogen-bond donors (Lipinski definition) is 0. The number of aromatic nitrogens is 2. The zero-order valence-corrected chi connectivity index (χ0v) is 15.0. The Bertz CT molecular complexity index is 715. The van der Waals surface area contributed by atoms with Gasteiger partial charge in [-0.1, -0.05) is 17.3 Å². The molecular weight excluding hydrogens is 316 g/mol. The van der Waals surface area contributed by atoms with E-state index in [0.717, 1.165) is 13.1 Å². The van der Waals surface area contributed by atoms with E-state index in [1.165, 1.54) is 30.6 Å². The van der Waals surface area contributed by atoms with Crippen molar-refractivity contribution in [2.24, 2.45) is 0 Å². The van der Waals surface area contributed by atoms with Crippen molar-refractivity contribution in [2.45, 2.75) is 58.4 Å². The fourth-order valence-electron chi connectivity index (χ4n) is 3.80. The fraction of sp³-hybridized carbons (Fsp3) is 0.579. The highest BCUT2D eigenvalue weighted by Gasteiger charge is 2.32. The number of para-hydroxylation sites is 2. The van der Waals surface area contributed by atoms with Gasteiger partial charge in [0, 0.05) is 19.1 Å². The van der Waals surface area contributed by atoms with E-state index in [2.05, 4.69) is 44.2 Å². The minimum atomic E-state index is 0.160. The van der Waals surface area contributed by atoms with E-state index in [9.17, 15) is 0 Å². The molecule has 1 fully saturated rings. The summed E-state index contributed by atoms with van der Waals surface area (Å²) in [6.45, 7) is 7.22. The summed E-state index contributed by atoms with van der Waals surface area (Å²) in [6.07, 6.45) is 4.01. The minimum absolute atomic E-state index is 0.160. The summed E-state index contributed by atoms with van der Waals surface area (Å²) in [5, 5.41) is 4.04. The third-order valence-corrected chi connectivity index (χ3v) is 4.97. The van der Waals surface area contributed by atoms with Gasteiger partial charge in [-0.25, -0.2) is 0 Å². The van der Waals surface area contributed by atoms with E-state index < -0.39 is 0 Å². The molecule has 0 bridgehead atoms. The van der Waals surface area contributed by atoms with E-state index in [0.29, 0.717) is 30.9 Å². The Kier molecular flexibility index (Phi) is 4.61. The number of fused-ring (bicyclic) bond motifs is 3. The molecule has 0 saturated carbocycles. The molecule has 0 N–H and O–H groups in total. The molecule has 1 saturated heterocycles. The molecule has 2 aliphatic rings. The van der Waals surface area contributed by atoms with Crippen LogP contribution in [-0.4, -0.2) is 35.4 Å². The zero-order valence-electron chi connectivity index (χ0n) is 15.0. The molecule has 0 amide bonds. The Hall–Kier alpha value is -2.08. The van der Waals surface area contributed by atoms with Crippen molar-refractivity contribution in [2.75, 3.05) is 22.9 Å². The first kappa shape index (κ1) is 16.4. The average molecular weight is 342 g/mol. The van der Waals surface area contributed by atoms with Gasteiger partial charge in [-0.3, -0.25) is 0 Å². The minimum Gasteiger partial charge on any atom is -0.371 e. The number of benzene rings is 1. The molecule has 0 spiro atoms. The lowest BCUT2D eigenvalue weighted by Gasteiger charge is -2.46. The summed E-state index contributed by atoms with van der Waals surface area (Å²) in [5.74, 6) is 1.27. The van der Waals surface area contributed by atoms with Gasteiger partial charge in [-0.15, -0.1) is 0 Å². The van der Waals surface area contributed by atoms with Crippen LogP contribution in [0.25, 0.3) is 0 Å². The zero-order chi connectivity index (χ0) is 17.2. The van der Waals surface area contributed by atoms with Crippen molar-refractivity contribution in [3.63, 3.8) is 0 Å². The average Bonchev–Trinajstić information content (AvgIpc) is 3.08. The number of piperidine rings is 1. The van der Waals surface area contributed by atoms with Gasteiger partial charge in [-0.2, -0.15) is 4.98 Å². The topological polar surface area (TPSA) is 54.6 Å². The number of rotatable bonds is 5. The molecule has 2 aliphatic heterocycles. The van der Waals surface area contributed by atoms with Gasteiger partial charge in [0.05, 0.1) is 24.0 Å². The molecule has 2 aromatic rings. The lowest BCUT2D eigenvalue weighted by Crippen LogP contribution is -2.51. The summed E-state index contributed by atoms with van der Waals surface area (Å²) < 4.78 is 11.0. The van der Waals surface area contributed by atoms with Crippen LogP contribution in [0.5, 0.6) is 0 Å². The van der Waals surface area contributed by atoms with Gasteiger partial charge < -0.3 is 19.1 Å². The summed E-state index contributed by atoms with van der Waals surface area (Å²) in [7, 11) is 0. The van der Waals surface area contributed by atoms with Crippen molar-refractivity contribution in [3.8, 4) is 0 Å². The Morgan fingerprint density at radius 2 is 2.08 bits per heavy atom. The van der Waals surface area contributed by atoms with Crippen LogP contribution in [0, 0.1) is 0 Å². The molecule has 25 heavy (non-hydrogen) atoms. The SMILES string of the molecule is CC(C)OCc1noc(CN2CC3CCCCN3c3ccccc32)n1. The first-order chi connectivity index (χ1) is 12.2. The standard InChI is InChI=1S/C19H26N4O2/c1-14(2)24-13-18-20-19(25-21-18)12-22-11-15-7-5-6-10-23(15)17-9-4-3-8-16(17)22/h3-4,8-9,14-15H,5-7,10-13H2,1-2H3. The van der Waals surface area contributed by atoms with Crippen LogP contribution in [0.4, 0.5) is 11.4 Å². The maximum Gasteiger partial charge on any atom is 0.246 e. The van der Waals surface area contributed by atoms with E-state index in [4.69, 9.17) is 9.26 Å². The lowest BCUT2D eigenvalue weighted by atomic mass is 9.97. The predicted molar refractivity (Wildman–Crippen MR) is 96.7 cm³/mol. The molecular formula is C19H26N4O2. The Morgan fingerprint density at radius 1 is 1.24 bits per heavy atom. The molecule has 0 radical (unpaired) electrons. The molecule has 4 rings (SSSR count). The molecule has 1 unspecified atom stereocenters. The van der Waals surface area contributed by atoms with Gasteiger partial charge in [0.2, 0.25) is 5.89 Å². The lowest BCUT2D eigenvalue weighted by molar-refractivity contribution is 0.0601. The van der Waals surface area contributed by atoms with E-state index in [1.807, 2.05) is 13.8 Å². The van der Waals surface area contributed by atoms with Gasteiger partial charge in [0.1, 0.15) is 6.61 Å². The molecule has 3 heterocycles. The van der Waals surface area contributed by atoms with Crippen LogP contribution in [0.15, 0.2) is 28.8 Å². The van der Waals surface area contributed by atoms with E-state index in [-0.39, 0.29) is 6.10 Å². The van der Waals surface area contributed by atoms with Gasteiger partial charge in [0.25, 0.3) is 0 Å². The maximum absolute atomic E-state index is 5.55. The number of hydrogen-bond acceptors (Lipinski definition) is 6. The Morgan fingerprint density at radius 3 is 2.92 bits per heavy atom. The second-order valence-corrected chi connectivity index (χ2v) is 7.18. The Labute approximate surface area is 148 Å². The normalized spacial score (nSPS) is 19.9. The highest BCUT2D eigenvalue weighted by molar-refractivity contribution is 5.74. The monoisotopic (exact) mass is 342 g/mol.